The van der Waals surface area contributed by atoms with Crippen LogP contribution in [0.4, 0.5) is 5.69 Å². The van der Waals surface area contributed by atoms with Crippen LogP contribution in [-0.4, -0.2) is 23.0 Å². The lowest BCUT2D eigenvalue weighted by Gasteiger charge is -2.11. The Morgan fingerprint density at radius 3 is 2.62 bits per heavy atom. The van der Waals surface area contributed by atoms with Gasteiger partial charge in [0.1, 0.15) is 6.04 Å². The minimum Gasteiger partial charge on any atom is -0.480 e. The predicted molar refractivity (Wildman–Crippen MR) is 60.2 cm³/mol. The first kappa shape index (κ1) is 12.0. The van der Waals surface area contributed by atoms with E-state index in [1.165, 1.54) is 13.0 Å². The Morgan fingerprint density at radius 1 is 1.44 bits per heavy atom. The van der Waals surface area contributed by atoms with Crippen LogP contribution in [0.2, 0.25) is 0 Å². The van der Waals surface area contributed by atoms with E-state index in [2.05, 4.69) is 5.32 Å². The summed E-state index contributed by atoms with van der Waals surface area (Å²) in [6.45, 7) is 3.17. The first-order chi connectivity index (χ1) is 7.41. The van der Waals surface area contributed by atoms with Crippen molar-refractivity contribution in [3.05, 3.63) is 29.3 Å². The fourth-order valence-electron chi connectivity index (χ4n) is 1.22. The summed E-state index contributed by atoms with van der Waals surface area (Å²) in [5.74, 6) is -1.50. The summed E-state index contributed by atoms with van der Waals surface area (Å²) in [7, 11) is 0. The number of nitrogens with one attached hydrogen (secondary N) is 1. The first-order valence-corrected chi connectivity index (χ1v) is 4.81. The second-order valence-corrected chi connectivity index (χ2v) is 3.61. The van der Waals surface area contributed by atoms with Crippen LogP contribution in [-0.2, 0) is 4.79 Å². The number of anilines is 1. The molecule has 5 nitrogen and oxygen atoms in total. The van der Waals surface area contributed by atoms with Crippen molar-refractivity contribution < 1.29 is 14.7 Å². The van der Waals surface area contributed by atoms with Gasteiger partial charge in [-0.2, -0.15) is 0 Å². The van der Waals surface area contributed by atoms with Crippen LogP contribution < -0.4 is 11.1 Å². The zero-order valence-electron chi connectivity index (χ0n) is 9.15. The van der Waals surface area contributed by atoms with Crippen LogP contribution in [0.3, 0.4) is 0 Å². The van der Waals surface area contributed by atoms with Gasteiger partial charge in [0.2, 0.25) is 0 Å². The zero-order valence-corrected chi connectivity index (χ0v) is 9.15. The first-order valence-electron chi connectivity index (χ1n) is 4.81. The van der Waals surface area contributed by atoms with Crippen LogP contribution in [0.1, 0.15) is 22.8 Å². The van der Waals surface area contributed by atoms with Crippen LogP contribution >= 0.6 is 0 Å². The molecule has 0 aliphatic carbocycles. The highest BCUT2D eigenvalue weighted by Crippen LogP contribution is 2.12. The highest BCUT2D eigenvalue weighted by atomic mass is 16.4. The van der Waals surface area contributed by atoms with Crippen molar-refractivity contribution in [2.75, 3.05) is 5.73 Å². The molecule has 0 aromatic heterocycles. The molecule has 0 fully saturated rings. The van der Waals surface area contributed by atoms with Gasteiger partial charge in [0.05, 0.1) is 0 Å². The summed E-state index contributed by atoms with van der Waals surface area (Å²) in [6, 6.07) is 4.01. The lowest BCUT2D eigenvalue weighted by molar-refractivity contribution is -0.138. The van der Waals surface area contributed by atoms with Crippen molar-refractivity contribution in [3.8, 4) is 0 Å². The van der Waals surface area contributed by atoms with Crippen molar-refractivity contribution in [3.63, 3.8) is 0 Å². The van der Waals surface area contributed by atoms with Gasteiger partial charge < -0.3 is 16.2 Å². The zero-order chi connectivity index (χ0) is 12.3. The number of aryl methyl sites for hydroxylation is 1. The second-order valence-electron chi connectivity index (χ2n) is 3.61. The normalized spacial score (nSPS) is 11.9. The number of benzene rings is 1. The molecule has 86 valence electrons. The van der Waals surface area contributed by atoms with Gasteiger partial charge in [0.25, 0.3) is 5.91 Å². The summed E-state index contributed by atoms with van der Waals surface area (Å²) >= 11 is 0. The van der Waals surface area contributed by atoms with Crippen molar-refractivity contribution in [2.24, 2.45) is 0 Å². The maximum absolute atomic E-state index is 11.7. The molecule has 16 heavy (non-hydrogen) atoms. The molecule has 0 saturated heterocycles. The minimum atomic E-state index is -1.07. The molecular formula is C11H14N2O3. The molecule has 0 unspecified atom stereocenters. The van der Waals surface area contributed by atoms with E-state index in [1.54, 1.807) is 19.1 Å². The van der Waals surface area contributed by atoms with Gasteiger partial charge in [-0.1, -0.05) is 6.07 Å². The molecular weight excluding hydrogens is 208 g/mol. The fraction of sp³-hybridized carbons (Fsp3) is 0.273. The molecule has 4 N–H and O–H groups in total. The Bertz CT molecular complexity index is 429. The topological polar surface area (TPSA) is 92.4 Å². The van der Waals surface area contributed by atoms with E-state index in [-0.39, 0.29) is 0 Å². The highest BCUT2D eigenvalue weighted by Gasteiger charge is 2.16. The second kappa shape index (κ2) is 4.65. The van der Waals surface area contributed by atoms with Crippen molar-refractivity contribution >= 4 is 17.6 Å². The molecule has 1 amide bonds. The number of carbonyl (C=O) groups excluding carboxylic acids is 1. The number of carboxylic acids is 1. The van der Waals surface area contributed by atoms with Crippen molar-refractivity contribution in [1.29, 1.82) is 0 Å². The third kappa shape index (κ3) is 2.73. The van der Waals surface area contributed by atoms with E-state index in [4.69, 9.17) is 10.8 Å². The molecule has 0 aliphatic rings. The van der Waals surface area contributed by atoms with Crippen LogP contribution in [0.15, 0.2) is 18.2 Å². The summed E-state index contributed by atoms with van der Waals surface area (Å²) in [5, 5.41) is 11.0. The van der Waals surface area contributed by atoms with E-state index in [1.807, 2.05) is 0 Å². The summed E-state index contributed by atoms with van der Waals surface area (Å²) in [4.78, 5) is 22.3. The van der Waals surface area contributed by atoms with Gasteiger partial charge >= 0.3 is 5.97 Å². The Labute approximate surface area is 93.3 Å². The van der Waals surface area contributed by atoms with Gasteiger partial charge in [-0.05, 0) is 31.5 Å². The summed E-state index contributed by atoms with van der Waals surface area (Å²) in [6.07, 6.45) is 0. The van der Waals surface area contributed by atoms with Crippen molar-refractivity contribution in [2.45, 2.75) is 19.9 Å². The van der Waals surface area contributed by atoms with Crippen LogP contribution in [0.5, 0.6) is 0 Å². The monoisotopic (exact) mass is 222 g/mol. The SMILES string of the molecule is Cc1ccc(N)cc1C(=O)N[C@@H](C)C(=O)O. The summed E-state index contributed by atoms with van der Waals surface area (Å²) < 4.78 is 0. The molecule has 5 heteroatoms. The standard InChI is InChI=1S/C11H14N2O3/c1-6-3-4-8(12)5-9(6)10(14)13-7(2)11(15)16/h3-5,7H,12H2,1-2H3,(H,13,14)(H,15,16)/t7-/m0/s1. The van der Waals surface area contributed by atoms with Gasteiger partial charge in [-0.3, -0.25) is 9.59 Å². The van der Waals surface area contributed by atoms with E-state index in [9.17, 15) is 9.59 Å². The molecule has 1 aromatic rings. The Morgan fingerprint density at radius 2 is 2.06 bits per heavy atom. The number of aliphatic carboxylic acids is 1. The molecule has 0 bridgehead atoms. The molecule has 0 saturated carbocycles. The molecule has 0 heterocycles. The summed E-state index contributed by atoms with van der Waals surface area (Å²) in [5.41, 5.74) is 7.18. The smallest absolute Gasteiger partial charge is 0.325 e. The van der Waals surface area contributed by atoms with Gasteiger partial charge in [-0.25, -0.2) is 0 Å². The molecule has 1 rings (SSSR count). The largest absolute Gasteiger partial charge is 0.480 e. The van der Waals surface area contributed by atoms with E-state index in [0.29, 0.717) is 11.3 Å². The van der Waals surface area contributed by atoms with Crippen LogP contribution in [0, 0.1) is 6.92 Å². The molecule has 0 radical (unpaired) electrons. The number of carbonyl (C=O) groups is 2. The highest BCUT2D eigenvalue weighted by molar-refractivity contribution is 5.98. The number of nitrogen functional groups attached to an aromatic ring is 1. The number of rotatable bonds is 3. The average molecular weight is 222 g/mol. The average Bonchev–Trinajstić information content (AvgIpc) is 2.21. The Balaban J connectivity index is 2.88. The number of amides is 1. The third-order valence-electron chi connectivity index (χ3n) is 2.22. The quantitative estimate of drug-likeness (QED) is 0.659. The Kier molecular flexibility index (Phi) is 3.50. The molecule has 1 aromatic carbocycles. The lowest BCUT2D eigenvalue weighted by atomic mass is 10.1. The van der Waals surface area contributed by atoms with Gasteiger partial charge in [0, 0.05) is 11.3 Å². The number of hydrogen-bond acceptors (Lipinski definition) is 3. The molecule has 0 spiro atoms. The van der Waals surface area contributed by atoms with E-state index >= 15 is 0 Å². The van der Waals surface area contributed by atoms with E-state index < -0.39 is 17.9 Å². The molecule has 0 aliphatic heterocycles. The van der Waals surface area contributed by atoms with Gasteiger partial charge in [-0.15, -0.1) is 0 Å². The predicted octanol–water partition coefficient (Wildman–Crippen LogP) is 0.780. The molecule has 1 atom stereocenters. The lowest BCUT2D eigenvalue weighted by Crippen LogP contribution is -2.38. The van der Waals surface area contributed by atoms with Crippen molar-refractivity contribution in [1.82, 2.24) is 5.32 Å². The number of hydrogen-bond donors (Lipinski definition) is 3. The maximum Gasteiger partial charge on any atom is 0.325 e. The minimum absolute atomic E-state index is 0.396. The maximum atomic E-state index is 11.7. The third-order valence-corrected chi connectivity index (χ3v) is 2.22. The van der Waals surface area contributed by atoms with E-state index in [0.717, 1.165) is 5.56 Å². The number of nitrogens with two attached hydrogens (primary N) is 1. The number of carboxylic acid groups (broad SMARTS) is 1. The van der Waals surface area contributed by atoms with Crippen LogP contribution in [0.25, 0.3) is 0 Å². The van der Waals surface area contributed by atoms with Gasteiger partial charge in [0.15, 0.2) is 0 Å². The fourth-order valence-corrected chi connectivity index (χ4v) is 1.22. The Hall–Kier alpha value is -2.04.